The summed E-state index contributed by atoms with van der Waals surface area (Å²) < 4.78 is 5.60. The molecule has 2 atom stereocenters. The van der Waals surface area contributed by atoms with E-state index in [-0.39, 0.29) is 4.75 Å². The maximum atomic E-state index is 10.5. The molecule has 3 rings (SSSR count). The van der Waals surface area contributed by atoms with Gasteiger partial charge in [0.05, 0.1) is 5.02 Å². The van der Waals surface area contributed by atoms with Crippen LogP contribution in [0.3, 0.4) is 0 Å². The smallest absolute Gasteiger partial charge is 0.152 e. The van der Waals surface area contributed by atoms with Crippen molar-refractivity contribution >= 4 is 34.3 Å². The lowest BCUT2D eigenvalue weighted by Gasteiger charge is -2.27. The Kier molecular flexibility index (Phi) is 3.08. The molecule has 0 amide bonds. The SMILES string of the molecule is CC1(C(O)c2cc3cccc(Cl)c3o2)CCCS1. The van der Waals surface area contributed by atoms with Gasteiger partial charge >= 0.3 is 0 Å². The summed E-state index contributed by atoms with van der Waals surface area (Å²) in [5, 5.41) is 12.1. The zero-order valence-corrected chi connectivity index (χ0v) is 11.7. The Balaban J connectivity index is 2.01. The normalized spacial score (nSPS) is 25.7. The third-order valence-corrected chi connectivity index (χ3v) is 5.49. The topological polar surface area (TPSA) is 33.4 Å². The van der Waals surface area contributed by atoms with Gasteiger partial charge in [-0.1, -0.05) is 23.7 Å². The van der Waals surface area contributed by atoms with Crippen molar-refractivity contribution < 1.29 is 9.52 Å². The number of benzene rings is 1. The number of hydrogen-bond acceptors (Lipinski definition) is 3. The Bertz CT molecular complexity index is 572. The molecule has 0 aliphatic carbocycles. The Labute approximate surface area is 115 Å². The fourth-order valence-corrected chi connectivity index (χ4v) is 4.04. The number of halogens is 1. The van der Waals surface area contributed by atoms with Gasteiger partial charge in [0.2, 0.25) is 0 Å². The molecule has 0 spiro atoms. The van der Waals surface area contributed by atoms with Crippen molar-refractivity contribution in [1.29, 1.82) is 0 Å². The van der Waals surface area contributed by atoms with E-state index >= 15 is 0 Å². The summed E-state index contributed by atoms with van der Waals surface area (Å²) in [7, 11) is 0. The summed E-state index contributed by atoms with van der Waals surface area (Å²) >= 11 is 7.91. The molecular formula is C14H15ClO2S. The molecule has 1 aliphatic heterocycles. The fourth-order valence-electron chi connectivity index (χ4n) is 2.50. The molecule has 1 N–H and O–H groups in total. The largest absolute Gasteiger partial charge is 0.457 e. The van der Waals surface area contributed by atoms with E-state index in [2.05, 4.69) is 6.92 Å². The molecule has 18 heavy (non-hydrogen) atoms. The molecule has 4 heteroatoms. The van der Waals surface area contributed by atoms with E-state index < -0.39 is 6.10 Å². The molecule has 2 heterocycles. The second-order valence-electron chi connectivity index (χ2n) is 4.97. The molecule has 0 bridgehead atoms. The number of rotatable bonds is 2. The van der Waals surface area contributed by atoms with E-state index in [9.17, 15) is 5.11 Å². The second kappa shape index (κ2) is 4.48. The average molecular weight is 283 g/mol. The average Bonchev–Trinajstić information content (AvgIpc) is 2.96. The summed E-state index contributed by atoms with van der Waals surface area (Å²) in [6.45, 7) is 2.10. The molecule has 2 unspecified atom stereocenters. The maximum Gasteiger partial charge on any atom is 0.152 e. The number of para-hydroxylation sites is 1. The zero-order chi connectivity index (χ0) is 12.8. The first-order valence-electron chi connectivity index (χ1n) is 6.10. The lowest BCUT2D eigenvalue weighted by Crippen LogP contribution is -2.25. The maximum absolute atomic E-state index is 10.5. The minimum absolute atomic E-state index is 0.139. The van der Waals surface area contributed by atoms with Crippen molar-refractivity contribution in [3.8, 4) is 0 Å². The van der Waals surface area contributed by atoms with Gasteiger partial charge < -0.3 is 9.52 Å². The molecule has 96 valence electrons. The van der Waals surface area contributed by atoms with Crippen LogP contribution in [-0.2, 0) is 0 Å². The molecule has 1 fully saturated rings. The zero-order valence-electron chi connectivity index (χ0n) is 10.1. The van der Waals surface area contributed by atoms with Gasteiger partial charge in [-0.05, 0) is 37.7 Å². The number of hydrogen-bond donors (Lipinski definition) is 1. The predicted octanol–water partition coefficient (Wildman–Crippen LogP) is 4.41. The highest BCUT2D eigenvalue weighted by Crippen LogP contribution is 2.47. The van der Waals surface area contributed by atoms with Crippen LogP contribution in [-0.4, -0.2) is 15.6 Å². The van der Waals surface area contributed by atoms with Crippen LogP contribution in [0, 0.1) is 0 Å². The number of fused-ring (bicyclic) bond motifs is 1. The highest BCUT2D eigenvalue weighted by atomic mass is 35.5. The predicted molar refractivity (Wildman–Crippen MR) is 76.3 cm³/mol. The Morgan fingerprint density at radius 1 is 1.50 bits per heavy atom. The molecule has 1 aromatic carbocycles. The van der Waals surface area contributed by atoms with Gasteiger partial charge in [-0.3, -0.25) is 0 Å². The van der Waals surface area contributed by atoms with Crippen LogP contribution in [0.15, 0.2) is 28.7 Å². The van der Waals surface area contributed by atoms with E-state index in [0.717, 1.165) is 24.0 Å². The molecule has 2 aromatic rings. The van der Waals surface area contributed by atoms with Gasteiger partial charge in [0.15, 0.2) is 5.58 Å². The molecule has 1 aromatic heterocycles. The standard InChI is InChI=1S/C14H15ClO2S/c1-14(6-3-7-18-14)13(16)11-8-9-4-2-5-10(15)12(9)17-11/h2,4-5,8,13,16H,3,6-7H2,1H3. The van der Waals surface area contributed by atoms with Crippen molar-refractivity contribution in [3.63, 3.8) is 0 Å². The Morgan fingerprint density at radius 3 is 3.00 bits per heavy atom. The van der Waals surface area contributed by atoms with Gasteiger partial charge in [-0.15, -0.1) is 0 Å². The highest BCUT2D eigenvalue weighted by molar-refractivity contribution is 8.00. The lowest BCUT2D eigenvalue weighted by atomic mass is 9.97. The molecule has 1 aliphatic rings. The summed E-state index contributed by atoms with van der Waals surface area (Å²) in [6.07, 6.45) is 1.59. The highest BCUT2D eigenvalue weighted by Gasteiger charge is 2.39. The van der Waals surface area contributed by atoms with Crippen LogP contribution < -0.4 is 0 Å². The van der Waals surface area contributed by atoms with Gasteiger partial charge in [0.25, 0.3) is 0 Å². The fraction of sp³-hybridized carbons (Fsp3) is 0.429. The van der Waals surface area contributed by atoms with Crippen LogP contribution in [0.2, 0.25) is 5.02 Å². The number of aliphatic hydroxyl groups is 1. The van der Waals surface area contributed by atoms with Crippen molar-refractivity contribution in [2.24, 2.45) is 0 Å². The number of thioether (sulfide) groups is 1. The first kappa shape index (κ1) is 12.4. The van der Waals surface area contributed by atoms with Crippen LogP contribution in [0.5, 0.6) is 0 Å². The van der Waals surface area contributed by atoms with E-state index in [1.54, 1.807) is 6.07 Å². The van der Waals surface area contributed by atoms with Gasteiger partial charge in [-0.2, -0.15) is 11.8 Å². The van der Waals surface area contributed by atoms with Crippen molar-refractivity contribution in [2.75, 3.05) is 5.75 Å². The summed E-state index contributed by atoms with van der Waals surface area (Å²) in [4.78, 5) is 0. The quantitative estimate of drug-likeness (QED) is 0.886. The first-order valence-corrected chi connectivity index (χ1v) is 7.46. The molecule has 2 nitrogen and oxygen atoms in total. The van der Waals surface area contributed by atoms with E-state index in [1.807, 2.05) is 30.0 Å². The first-order chi connectivity index (χ1) is 8.60. The van der Waals surface area contributed by atoms with Gasteiger partial charge in [-0.25, -0.2) is 0 Å². The Hall–Kier alpha value is -0.640. The van der Waals surface area contributed by atoms with Crippen LogP contribution in [0.25, 0.3) is 11.0 Å². The van der Waals surface area contributed by atoms with Crippen molar-refractivity contribution in [2.45, 2.75) is 30.6 Å². The van der Waals surface area contributed by atoms with Crippen molar-refractivity contribution in [3.05, 3.63) is 35.0 Å². The van der Waals surface area contributed by atoms with Gasteiger partial charge in [0, 0.05) is 10.1 Å². The lowest BCUT2D eigenvalue weighted by molar-refractivity contribution is 0.112. The number of furan rings is 1. The summed E-state index contributed by atoms with van der Waals surface area (Å²) in [5.41, 5.74) is 0.666. The van der Waals surface area contributed by atoms with Crippen LogP contribution in [0.4, 0.5) is 0 Å². The third-order valence-electron chi connectivity index (χ3n) is 3.61. The van der Waals surface area contributed by atoms with Crippen molar-refractivity contribution in [1.82, 2.24) is 0 Å². The number of aliphatic hydroxyl groups excluding tert-OH is 1. The second-order valence-corrected chi connectivity index (χ2v) is 7.01. The Morgan fingerprint density at radius 2 is 2.33 bits per heavy atom. The molecular weight excluding hydrogens is 268 g/mol. The minimum Gasteiger partial charge on any atom is -0.457 e. The van der Waals surface area contributed by atoms with E-state index in [0.29, 0.717) is 16.4 Å². The van der Waals surface area contributed by atoms with E-state index in [1.165, 1.54) is 0 Å². The van der Waals surface area contributed by atoms with Crippen LogP contribution >= 0.6 is 23.4 Å². The molecule has 0 radical (unpaired) electrons. The molecule has 0 saturated carbocycles. The van der Waals surface area contributed by atoms with Crippen LogP contribution in [0.1, 0.15) is 31.6 Å². The molecule has 1 saturated heterocycles. The van der Waals surface area contributed by atoms with E-state index in [4.69, 9.17) is 16.0 Å². The summed E-state index contributed by atoms with van der Waals surface area (Å²) in [6, 6.07) is 7.54. The third kappa shape index (κ3) is 1.94. The van der Waals surface area contributed by atoms with Gasteiger partial charge in [0.1, 0.15) is 11.9 Å². The minimum atomic E-state index is -0.575. The summed E-state index contributed by atoms with van der Waals surface area (Å²) in [5.74, 6) is 1.73. The monoisotopic (exact) mass is 282 g/mol.